The minimum atomic E-state index is 0.600. The highest BCUT2D eigenvalue weighted by molar-refractivity contribution is 5.16. The average molecular weight is 298 g/mol. The molecular weight excluding hydrogens is 272 g/mol. The molecule has 1 N–H and O–H groups in total. The van der Waals surface area contributed by atoms with Crippen LogP contribution in [-0.4, -0.2) is 20.8 Å². The van der Waals surface area contributed by atoms with Gasteiger partial charge >= 0.3 is 0 Å². The molecule has 1 aliphatic carbocycles. The van der Waals surface area contributed by atoms with Crippen molar-refractivity contribution in [1.29, 1.82) is 0 Å². The summed E-state index contributed by atoms with van der Waals surface area (Å²) in [7, 11) is 0. The Balaban J connectivity index is 1.59. The Kier molecular flexibility index (Phi) is 4.88. The highest BCUT2D eigenvalue weighted by atomic mass is 15.3. The van der Waals surface area contributed by atoms with E-state index in [0.717, 1.165) is 30.7 Å². The molecule has 1 fully saturated rings. The zero-order chi connectivity index (χ0) is 15.4. The van der Waals surface area contributed by atoms with Crippen molar-refractivity contribution in [3.8, 4) is 0 Å². The molecule has 0 radical (unpaired) electrons. The first-order chi connectivity index (χ1) is 10.8. The quantitative estimate of drug-likeness (QED) is 0.891. The van der Waals surface area contributed by atoms with Crippen molar-refractivity contribution in [2.75, 3.05) is 0 Å². The molecule has 0 spiro atoms. The number of hydrogen-bond donors (Lipinski definition) is 1. The Morgan fingerprint density at radius 3 is 2.77 bits per heavy atom. The van der Waals surface area contributed by atoms with E-state index in [9.17, 15) is 0 Å². The molecule has 0 aliphatic heterocycles. The van der Waals surface area contributed by atoms with Crippen LogP contribution in [0.4, 0.5) is 0 Å². The summed E-state index contributed by atoms with van der Waals surface area (Å²) in [4.78, 5) is 0. The average Bonchev–Trinajstić information content (AvgIpc) is 3.12. The van der Waals surface area contributed by atoms with E-state index in [-0.39, 0.29) is 0 Å². The van der Waals surface area contributed by atoms with Gasteiger partial charge in [0.15, 0.2) is 0 Å². The maximum atomic E-state index is 4.31. The van der Waals surface area contributed by atoms with Crippen molar-refractivity contribution in [2.24, 2.45) is 5.92 Å². The third kappa shape index (κ3) is 3.38. The number of nitrogens with one attached hydrogen (secondary N) is 1. The molecule has 2 atom stereocenters. The van der Waals surface area contributed by atoms with Crippen molar-refractivity contribution < 1.29 is 0 Å². The topological polar surface area (TPSA) is 42.7 Å². The number of benzene rings is 1. The Morgan fingerprint density at radius 2 is 2.00 bits per heavy atom. The Labute approximate surface area is 133 Å². The number of nitrogens with zero attached hydrogens (tertiary/aromatic N) is 3. The van der Waals surface area contributed by atoms with Crippen LogP contribution in [0.2, 0.25) is 0 Å². The summed E-state index contributed by atoms with van der Waals surface area (Å²) in [5.41, 5.74) is 1.45. The summed E-state index contributed by atoms with van der Waals surface area (Å²) in [6, 6.07) is 11.5. The summed E-state index contributed by atoms with van der Waals surface area (Å²) >= 11 is 0. The summed E-state index contributed by atoms with van der Waals surface area (Å²) < 4.78 is 2.19. The fourth-order valence-corrected chi connectivity index (χ4v) is 3.66. The molecule has 22 heavy (non-hydrogen) atoms. The first kappa shape index (κ1) is 15.2. The normalized spacial score (nSPS) is 21.4. The number of aryl methyl sites for hydroxylation is 1. The van der Waals surface area contributed by atoms with Crippen LogP contribution in [0.5, 0.6) is 0 Å². The monoisotopic (exact) mass is 298 g/mol. The van der Waals surface area contributed by atoms with E-state index >= 15 is 0 Å². The molecule has 0 unspecified atom stereocenters. The second-order valence-electron chi connectivity index (χ2n) is 6.28. The SMILES string of the molecule is CCn1c(C)nnc1CN[C@@H]1CCC[C@@H]1Cc1ccccc1. The molecule has 1 aromatic carbocycles. The van der Waals surface area contributed by atoms with Crippen LogP contribution in [0.3, 0.4) is 0 Å². The summed E-state index contributed by atoms with van der Waals surface area (Å²) in [6.07, 6.45) is 5.11. The van der Waals surface area contributed by atoms with Crippen molar-refractivity contribution in [3.63, 3.8) is 0 Å². The Morgan fingerprint density at radius 1 is 1.18 bits per heavy atom. The van der Waals surface area contributed by atoms with Crippen molar-refractivity contribution in [1.82, 2.24) is 20.1 Å². The van der Waals surface area contributed by atoms with Gasteiger partial charge in [-0.3, -0.25) is 0 Å². The van der Waals surface area contributed by atoms with Crippen LogP contribution in [0.15, 0.2) is 30.3 Å². The first-order valence-electron chi connectivity index (χ1n) is 8.44. The summed E-state index contributed by atoms with van der Waals surface area (Å²) in [5, 5.41) is 12.2. The molecule has 4 nitrogen and oxygen atoms in total. The molecule has 1 heterocycles. The van der Waals surface area contributed by atoms with Crippen LogP contribution < -0.4 is 5.32 Å². The highest BCUT2D eigenvalue weighted by Crippen LogP contribution is 2.29. The number of hydrogen-bond acceptors (Lipinski definition) is 3. The van der Waals surface area contributed by atoms with Crippen molar-refractivity contribution >= 4 is 0 Å². The molecule has 1 aromatic heterocycles. The van der Waals surface area contributed by atoms with Gasteiger partial charge in [0.25, 0.3) is 0 Å². The molecule has 0 bridgehead atoms. The van der Waals surface area contributed by atoms with E-state index in [1.54, 1.807) is 0 Å². The van der Waals surface area contributed by atoms with Gasteiger partial charge in [-0.25, -0.2) is 0 Å². The minimum Gasteiger partial charge on any atom is -0.314 e. The largest absolute Gasteiger partial charge is 0.314 e. The predicted octanol–water partition coefficient (Wildman–Crippen LogP) is 3.11. The van der Waals surface area contributed by atoms with Gasteiger partial charge in [0.05, 0.1) is 6.54 Å². The number of aromatic nitrogens is 3. The highest BCUT2D eigenvalue weighted by Gasteiger charge is 2.27. The van der Waals surface area contributed by atoms with Gasteiger partial charge in [-0.2, -0.15) is 0 Å². The molecule has 2 aromatic rings. The van der Waals surface area contributed by atoms with E-state index in [4.69, 9.17) is 0 Å². The third-order valence-corrected chi connectivity index (χ3v) is 4.85. The van der Waals surface area contributed by atoms with E-state index in [1.807, 2.05) is 6.92 Å². The second kappa shape index (κ2) is 7.05. The molecule has 1 saturated carbocycles. The minimum absolute atomic E-state index is 0.600. The van der Waals surface area contributed by atoms with Crippen molar-refractivity contribution in [3.05, 3.63) is 47.5 Å². The van der Waals surface area contributed by atoms with Gasteiger partial charge < -0.3 is 9.88 Å². The zero-order valence-electron chi connectivity index (χ0n) is 13.6. The Bertz CT molecular complexity index is 590. The van der Waals surface area contributed by atoms with E-state index in [2.05, 4.69) is 57.3 Å². The lowest BCUT2D eigenvalue weighted by atomic mass is 9.94. The second-order valence-corrected chi connectivity index (χ2v) is 6.28. The van der Waals surface area contributed by atoms with Crippen LogP contribution in [0, 0.1) is 12.8 Å². The fraction of sp³-hybridized carbons (Fsp3) is 0.556. The van der Waals surface area contributed by atoms with Gasteiger partial charge in [0.2, 0.25) is 0 Å². The Hall–Kier alpha value is -1.68. The van der Waals surface area contributed by atoms with Gasteiger partial charge in [-0.15, -0.1) is 10.2 Å². The lowest BCUT2D eigenvalue weighted by Crippen LogP contribution is -2.33. The third-order valence-electron chi connectivity index (χ3n) is 4.85. The zero-order valence-corrected chi connectivity index (χ0v) is 13.6. The van der Waals surface area contributed by atoms with Crippen LogP contribution in [0.1, 0.15) is 43.4 Å². The standard InChI is InChI=1S/C18H26N4/c1-3-22-14(2)20-21-18(22)13-19-17-11-7-10-16(17)12-15-8-5-4-6-9-15/h4-6,8-9,16-17,19H,3,7,10-13H2,1-2H3/t16-,17-/m1/s1. The first-order valence-corrected chi connectivity index (χ1v) is 8.44. The molecule has 118 valence electrons. The van der Waals surface area contributed by atoms with Crippen LogP contribution >= 0.6 is 0 Å². The molecule has 0 saturated heterocycles. The van der Waals surface area contributed by atoms with Gasteiger partial charge in [0, 0.05) is 12.6 Å². The maximum absolute atomic E-state index is 4.31. The van der Waals surface area contributed by atoms with E-state index in [1.165, 1.54) is 31.2 Å². The van der Waals surface area contributed by atoms with Gasteiger partial charge in [-0.05, 0) is 44.6 Å². The van der Waals surface area contributed by atoms with E-state index in [0.29, 0.717) is 6.04 Å². The molecule has 1 aliphatic rings. The van der Waals surface area contributed by atoms with Crippen LogP contribution in [-0.2, 0) is 19.5 Å². The summed E-state index contributed by atoms with van der Waals surface area (Å²) in [6.45, 7) is 5.93. The molecule has 3 rings (SSSR count). The van der Waals surface area contributed by atoms with Crippen LogP contribution in [0.25, 0.3) is 0 Å². The van der Waals surface area contributed by atoms with Gasteiger partial charge in [0.1, 0.15) is 11.6 Å². The van der Waals surface area contributed by atoms with E-state index < -0.39 is 0 Å². The molecule has 4 heteroatoms. The smallest absolute Gasteiger partial charge is 0.146 e. The van der Waals surface area contributed by atoms with Crippen molar-refractivity contribution in [2.45, 2.75) is 58.7 Å². The number of rotatable bonds is 6. The fourth-order valence-electron chi connectivity index (χ4n) is 3.66. The molecule has 0 amide bonds. The summed E-state index contributed by atoms with van der Waals surface area (Å²) in [5.74, 6) is 2.80. The maximum Gasteiger partial charge on any atom is 0.146 e. The van der Waals surface area contributed by atoms with Gasteiger partial charge in [-0.1, -0.05) is 36.8 Å². The lowest BCUT2D eigenvalue weighted by Gasteiger charge is -2.21. The predicted molar refractivity (Wildman–Crippen MR) is 88.5 cm³/mol. The lowest BCUT2D eigenvalue weighted by molar-refractivity contribution is 0.389. The molecular formula is C18H26N4.